The van der Waals surface area contributed by atoms with E-state index in [4.69, 9.17) is 35.0 Å². The molecule has 26 heavy (non-hydrogen) atoms. The molecule has 1 fully saturated rings. The van der Waals surface area contributed by atoms with Crippen LogP contribution in [0.15, 0.2) is 0 Å². The van der Waals surface area contributed by atoms with Gasteiger partial charge in [-0.15, -0.1) is 0 Å². The molecule has 0 aromatic rings. The molecule has 0 bridgehead atoms. The Labute approximate surface area is 146 Å². The number of aliphatic hydroxyl groups is 3. The van der Waals surface area contributed by atoms with E-state index in [9.17, 15) is 24.9 Å². The molecular weight excluding hydrogens is 364 g/mol. The van der Waals surface area contributed by atoms with Gasteiger partial charge in [-0.25, -0.2) is 0 Å². The van der Waals surface area contributed by atoms with Crippen LogP contribution >= 0.6 is 0 Å². The van der Waals surface area contributed by atoms with Crippen LogP contribution in [0.3, 0.4) is 0 Å². The molecule has 1 saturated heterocycles. The maximum absolute atomic E-state index is 11.5. The largest absolute Gasteiger partial charge is 0.463 e. The van der Waals surface area contributed by atoms with Gasteiger partial charge in [-0.3, -0.25) is 9.59 Å². The SMILES string of the molecule is O=C(CC[NH+](O)O)OC[C@H]1O[C@H](O)[C@H](OC(=O)CC[NH+](O)O)[C@@H](O)[C@@H]1O. The lowest BCUT2D eigenvalue weighted by molar-refractivity contribution is -1.24. The molecule has 0 radical (unpaired) electrons. The van der Waals surface area contributed by atoms with Gasteiger partial charge >= 0.3 is 11.9 Å². The number of ether oxygens (including phenoxy) is 3. The van der Waals surface area contributed by atoms with Gasteiger partial charge in [-0.05, 0) is 0 Å². The highest BCUT2D eigenvalue weighted by atomic mass is 16.8. The molecule has 0 aliphatic carbocycles. The second-order valence-corrected chi connectivity index (χ2v) is 5.52. The van der Waals surface area contributed by atoms with Crippen LogP contribution in [0.25, 0.3) is 0 Å². The summed E-state index contributed by atoms with van der Waals surface area (Å²) < 4.78 is 14.4. The van der Waals surface area contributed by atoms with E-state index >= 15 is 0 Å². The van der Waals surface area contributed by atoms with Crippen molar-refractivity contribution in [3.63, 3.8) is 0 Å². The molecule has 0 saturated carbocycles. The molecule has 14 nitrogen and oxygen atoms in total. The van der Waals surface area contributed by atoms with Gasteiger partial charge in [0.05, 0.1) is 0 Å². The summed E-state index contributed by atoms with van der Waals surface area (Å²) in [5, 5.41) is 62.1. The smallest absolute Gasteiger partial charge is 0.312 e. The number of rotatable bonds is 9. The van der Waals surface area contributed by atoms with Crippen molar-refractivity contribution in [2.75, 3.05) is 19.7 Å². The predicted octanol–water partition coefficient (Wildman–Crippen LogP) is -6.01. The minimum atomic E-state index is -1.83. The van der Waals surface area contributed by atoms with Crippen molar-refractivity contribution >= 4 is 11.9 Å². The lowest BCUT2D eigenvalue weighted by Crippen LogP contribution is -3.07. The topological polar surface area (TPSA) is 212 Å². The van der Waals surface area contributed by atoms with Gasteiger partial charge in [0, 0.05) is 0 Å². The fourth-order valence-corrected chi connectivity index (χ4v) is 2.07. The number of quaternary nitrogens is 2. The van der Waals surface area contributed by atoms with Crippen molar-refractivity contribution in [3.05, 3.63) is 0 Å². The van der Waals surface area contributed by atoms with Crippen LogP contribution in [0.4, 0.5) is 0 Å². The maximum Gasteiger partial charge on any atom is 0.312 e. The number of hydrogen-bond donors (Lipinski definition) is 9. The second-order valence-electron chi connectivity index (χ2n) is 5.52. The Morgan fingerprint density at radius 3 is 1.96 bits per heavy atom. The van der Waals surface area contributed by atoms with Gasteiger partial charge in [0.15, 0.2) is 25.5 Å². The van der Waals surface area contributed by atoms with E-state index in [-0.39, 0.29) is 13.0 Å². The summed E-state index contributed by atoms with van der Waals surface area (Å²) in [6.07, 6.45) is -8.99. The molecule has 0 aromatic carbocycles. The lowest BCUT2D eigenvalue weighted by atomic mass is 9.99. The molecule has 1 aliphatic heterocycles. The van der Waals surface area contributed by atoms with Crippen molar-refractivity contribution in [2.24, 2.45) is 0 Å². The van der Waals surface area contributed by atoms with Crippen LogP contribution in [0, 0.1) is 0 Å². The molecule has 0 unspecified atom stereocenters. The number of hydrogen-bond acceptors (Lipinski definition) is 12. The van der Waals surface area contributed by atoms with Crippen molar-refractivity contribution in [1.29, 1.82) is 0 Å². The molecule has 1 aliphatic rings. The molecule has 9 N–H and O–H groups in total. The molecule has 1 rings (SSSR count). The highest BCUT2D eigenvalue weighted by molar-refractivity contribution is 5.70. The number of carbonyl (C=O) groups excluding carboxylic acids is 2. The maximum atomic E-state index is 11.5. The number of hydroxylamine groups is 4. The molecule has 5 atom stereocenters. The Balaban J connectivity index is 2.49. The van der Waals surface area contributed by atoms with Crippen LogP contribution in [0.1, 0.15) is 12.8 Å². The Morgan fingerprint density at radius 1 is 0.885 bits per heavy atom. The molecule has 0 spiro atoms. The third-order valence-corrected chi connectivity index (χ3v) is 3.44. The van der Waals surface area contributed by atoms with Crippen LogP contribution in [-0.4, -0.2) is 98.5 Å². The monoisotopic (exact) mass is 388 g/mol. The van der Waals surface area contributed by atoms with Crippen molar-refractivity contribution in [3.8, 4) is 0 Å². The number of aliphatic hydroxyl groups excluding tert-OH is 3. The number of carbonyl (C=O) groups is 2. The van der Waals surface area contributed by atoms with E-state index < -0.39 is 72.7 Å². The molecule has 1 heterocycles. The first-order valence-electron chi connectivity index (χ1n) is 7.64. The summed E-state index contributed by atoms with van der Waals surface area (Å²) in [5.41, 5.74) is 0. The molecule has 14 heteroatoms. The van der Waals surface area contributed by atoms with Crippen molar-refractivity contribution in [2.45, 2.75) is 43.5 Å². The molecule has 0 amide bonds. The van der Waals surface area contributed by atoms with Gasteiger partial charge in [0.2, 0.25) is 0 Å². The first-order valence-corrected chi connectivity index (χ1v) is 7.64. The molecule has 152 valence electrons. The lowest BCUT2D eigenvalue weighted by Gasteiger charge is -2.39. The van der Waals surface area contributed by atoms with Gasteiger partial charge in [-0.1, -0.05) is 10.5 Å². The zero-order chi connectivity index (χ0) is 19.9. The highest BCUT2D eigenvalue weighted by Gasteiger charge is 2.46. The zero-order valence-electron chi connectivity index (χ0n) is 13.6. The van der Waals surface area contributed by atoms with E-state index in [0.717, 1.165) is 0 Å². The summed E-state index contributed by atoms with van der Waals surface area (Å²) in [7, 11) is 0. The second kappa shape index (κ2) is 10.6. The fraction of sp³-hybridized carbons (Fsp3) is 0.833. The van der Waals surface area contributed by atoms with Gasteiger partial charge in [0.1, 0.15) is 37.8 Å². The zero-order valence-corrected chi connectivity index (χ0v) is 13.6. The van der Waals surface area contributed by atoms with Gasteiger partial charge in [0.25, 0.3) is 0 Å². The Bertz CT molecular complexity index is 459. The summed E-state index contributed by atoms with van der Waals surface area (Å²) in [6, 6.07) is 0. The van der Waals surface area contributed by atoms with E-state index in [2.05, 4.69) is 0 Å². The Kier molecular flexibility index (Phi) is 9.23. The minimum Gasteiger partial charge on any atom is -0.463 e. The van der Waals surface area contributed by atoms with Crippen molar-refractivity contribution in [1.82, 2.24) is 0 Å². The average Bonchev–Trinajstić information content (AvgIpc) is 2.56. The molecule has 0 aromatic heterocycles. The number of nitrogens with one attached hydrogen (secondary N) is 2. The summed E-state index contributed by atoms with van der Waals surface area (Å²) in [6.45, 7) is -1.29. The molecular formula is C12H24N2O12+2. The summed E-state index contributed by atoms with van der Waals surface area (Å²) >= 11 is 0. The third kappa shape index (κ3) is 7.42. The first-order chi connectivity index (χ1) is 12.1. The first kappa shape index (κ1) is 22.6. The van der Waals surface area contributed by atoms with Gasteiger partial charge < -0.3 is 29.5 Å². The Hall–Kier alpha value is -1.46. The van der Waals surface area contributed by atoms with Crippen LogP contribution < -0.4 is 10.5 Å². The number of esters is 2. The standard InChI is InChI=1S/C12H22N2O12/c15-7(1-3-13(20)21)24-5-6-9(17)10(18)11(12(19)25-6)26-8(16)2-4-14(22)23/h6,9-12,17-23H,1-5H2/p+2/t6-,9-,10+,11-,12+/m1/s1. The summed E-state index contributed by atoms with van der Waals surface area (Å²) in [4.78, 5) is 22.9. The highest BCUT2D eigenvalue weighted by Crippen LogP contribution is 2.23. The quantitative estimate of drug-likeness (QED) is 0.133. The third-order valence-electron chi connectivity index (χ3n) is 3.44. The van der Waals surface area contributed by atoms with E-state index in [0.29, 0.717) is 0 Å². The fourth-order valence-electron chi connectivity index (χ4n) is 2.07. The summed E-state index contributed by atoms with van der Waals surface area (Å²) in [5.74, 6) is -1.81. The average molecular weight is 388 g/mol. The van der Waals surface area contributed by atoms with Crippen LogP contribution in [0.2, 0.25) is 0 Å². The minimum absolute atomic E-state index is 0.336. The van der Waals surface area contributed by atoms with E-state index in [1.807, 2.05) is 0 Å². The normalized spacial score (nSPS) is 29.0. The van der Waals surface area contributed by atoms with Crippen LogP contribution in [0.5, 0.6) is 0 Å². The van der Waals surface area contributed by atoms with Crippen molar-refractivity contribution < 1.29 is 70.4 Å². The van der Waals surface area contributed by atoms with E-state index in [1.54, 1.807) is 0 Å². The predicted molar refractivity (Wildman–Crippen MR) is 71.8 cm³/mol. The Morgan fingerprint density at radius 2 is 1.42 bits per heavy atom. The van der Waals surface area contributed by atoms with E-state index in [1.165, 1.54) is 0 Å². The van der Waals surface area contributed by atoms with Crippen LogP contribution in [-0.2, 0) is 23.8 Å². The van der Waals surface area contributed by atoms with Gasteiger partial charge in [-0.2, -0.15) is 20.8 Å².